The molecule has 2 N–H and O–H groups in total. The van der Waals surface area contributed by atoms with E-state index in [1.165, 1.54) is 5.56 Å². The van der Waals surface area contributed by atoms with Crippen LogP contribution in [0.15, 0.2) is 24.3 Å². The van der Waals surface area contributed by atoms with Gasteiger partial charge in [-0.1, -0.05) is 31.2 Å². The number of hydrogen-bond donors (Lipinski definition) is 1. The summed E-state index contributed by atoms with van der Waals surface area (Å²) in [5, 5.41) is 0. The third-order valence-electron chi connectivity index (χ3n) is 5.59. The Bertz CT molecular complexity index is 651. The smallest absolute Gasteiger partial charge is 0.225 e. The van der Waals surface area contributed by atoms with Crippen molar-refractivity contribution in [2.45, 2.75) is 39.2 Å². The van der Waals surface area contributed by atoms with Crippen LogP contribution in [0.3, 0.4) is 0 Å². The molecule has 2 amide bonds. The number of benzene rings is 1. The third-order valence-corrected chi connectivity index (χ3v) is 5.59. The van der Waals surface area contributed by atoms with Gasteiger partial charge in [-0.05, 0) is 35.9 Å². The number of nitrogens with zero attached hydrogens (tertiary/aromatic N) is 2. The van der Waals surface area contributed by atoms with Crippen LogP contribution in [-0.4, -0.2) is 47.8 Å². The van der Waals surface area contributed by atoms with E-state index in [1.807, 2.05) is 21.9 Å². The minimum absolute atomic E-state index is 0. The van der Waals surface area contributed by atoms with Crippen LogP contribution in [0.25, 0.3) is 0 Å². The Morgan fingerprint density at radius 3 is 2.64 bits per heavy atom. The van der Waals surface area contributed by atoms with Gasteiger partial charge >= 0.3 is 0 Å². The predicted molar refractivity (Wildman–Crippen MR) is 100 cm³/mol. The van der Waals surface area contributed by atoms with Gasteiger partial charge in [0, 0.05) is 26.6 Å². The lowest BCUT2D eigenvalue weighted by molar-refractivity contribution is -0.136. The number of fused-ring (bicyclic) bond motifs is 1. The van der Waals surface area contributed by atoms with Crippen molar-refractivity contribution in [3.63, 3.8) is 0 Å². The van der Waals surface area contributed by atoms with E-state index in [0.717, 1.165) is 31.5 Å². The van der Waals surface area contributed by atoms with Gasteiger partial charge in [0.2, 0.25) is 11.8 Å². The molecular formula is C19H28ClN3O2. The Kier molecular flexibility index (Phi) is 6.12. The molecule has 0 bridgehead atoms. The first kappa shape index (κ1) is 19.7. The summed E-state index contributed by atoms with van der Waals surface area (Å²) in [6.45, 7) is 6.50. The molecule has 0 radical (unpaired) electrons. The normalized spacial score (nSPS) is 25.3. The van der Waals surface area contributed by atoms with Crippen LogP contribution in [-0.2, 0) is 16.0 Å². The Balaban J connectivity index is 0.00000225. The lowest BCUT2D eigenvalue weighted by Gasteiger charge is -2.37. The highest BCUT2D eigenvalue weighted by Gasteiger charge is 2.37. The van der Waals surface area contributed by atoms with Gasteiger partial charge in [-0.15, -0.1) is 12.4 Å². The first-order valence-electron chi connectivity index (χ1n) is 8.76. The van der Waals surface area contributed by atoms with Crippen LogP contribution in [0.4, 0.5) is 0 Å². The predicted octanol–water partition coefficient (Wildman–Crippen LogP) is 2.14. The molecule has 0 aliphatic carbocycles. The Hall–Kier alpha value is -1.59. The average Bonchev–Trinajstić information content (AvgIpc) is 2.98. The van der Waals surface area contributed by atoms with Gasteiger partial charge in [0.15, 0.2) is 0 Å². The second-order valence-corrected chi connectivity index (χ2v) is 7.46. The topological polar surface area (TPSA) is 66.6 Å². The van der Waals surface area contributed by atoms with Crippen molar-refractivity contribution in [1.82, 2.24) is 9.80 Å². The largest absolute Gasteiger partial charge is 0.342 e. The summed E-state index contributed by atoms with van der Waals surface area (Å²) in [5.74, 6) is 0.163. The fraction of sp³-hybridized carbons (Fsp3) is 0.579. The van der Waals surface area contributed by atoms with Gasteiger partial charge in [0.05, 0.1) is 12.5 Å². The molecule has 25 heavy (non-hydrogen) atoms. The molecule has 2 atom stereocenters. The summed E-state index contributed by atoms with van der Waals surface area (Å²) in [5.41, 5.74) is 8.25. The van der Waals surface area contributed by atoms with E-state index in [1.54, 1.807) is 6.92 Å². The number of nitrogens with two attached hydrogens (primary N) is 1. The van der Waals surface area contributed by atoms with Crippen LogP contribution < -0.4 is 5.73 Å². The van der Waals surface area contributed by atoms with Crippen LogP contribution >= 0.6 is 12.4 Å². The monoisotopic (exact) mass is 365 g/mol. The first-order valence-corrected chi connectivity index (χ1v) is 8.76. The number of likely N-dealkylation sites (tertiary alicyclic amines) is 1. The molecule has 2 unspecified atom stereocenters. The van der Waals surface area contributed by atoms with Crippen molar-refractivity contribution in [3.8, 4) is 0 Å². The third kappa shape index (κ3) is 3.98. The number of rotatable bonds is 3. The average molecular weight is 366 g/mol. The summed E-state index contributed by atoms with van der Waals surface area (Å²) in [4.78, 5) is 28.7. The Morgan fingerprint density at radius 1 is 1.28 bits per heavy atom. The van der Waals surface area contributed by atoms with Gasteiger partial charge in [0.25, 0.3) is 0 Å². The van der Waals surface area contributed by atoms with Gasteiger partial charge < -0.3 is 15.5 Å². The molecule has 2 heterocycles. The quantitative estimate of drug-likeness (QED) is 0.892. The number of halogens is 1. The number of carbonyl (C=O) groups is 2. The van der Waals surface area contributed by atoms with E-state index in [-0.39, 0.29) is 35.7 Å². The van der Waals surface area contributed by atoms with Crippen molar-refractivity contribution in [2.75, 3.05) is 26.2 Å². The molecule has 1 aromatic rings. The highest BCUT2D eigenvalue weighted by atomic mass is 35.5. The Morgan fingerprint density at radius 2 is 2.00 bits per heavy atom. The number of carbonyl (C=O) groups excluding carboxylic acids is 2. The fourth-order valence-electron chi connectivity index (χ4n) is 3.95. The molecule has 5 nitrogen and oxygen atoms in total. The molecule has 0 spiro atoms. The van der Waals surface area contributed by atoms with Crippen LogP contribution in [0.5, 0.6) is 0 Å². The molecule has 2 aliphatic rings. The zero-order valence-electron chi connectivity index (χ0n) is 15.0. The summed E-state index contributed by atoms with van der Waals surface area (Å²) >= 11 is 0. The molecule has 0 saturated carbocycles. The second kappa shape index (κ2) is 7.75. The first-order chi connectivity index (χ1) is 11.4. The minimum Gasteiger partial charge on any atom is -0.342 e. The maximum atomic E-state index is 12.8. The second-order valence-electron chi connectivity index (χ2n) is 7.46. The maximum Gasteiger partial charge on any atom is 0.225 e. The van der Waals surface area contributed by atoms with Gasteiger partial charge in [-0.3, -0.25) is 9.59 Å². The summed E-state index contributed by atoms with van der Waals surface area (Å²) in [6, 6.07) is 8.02. The highest BCUT2D eigenvalue weighted by molar-refractivity contribution is 5.85. The molecule has 1 saturated heterocycles. The van der Waals surface area contributed by atoms with Crippen molar-refractivity contribution >= 4 is 24.2 Å². The summed E-state index contributed by atoms with van der Waals surface area (Å²) in [6.07, 6.45) is 2.17. The SMILES string of the molecule is CC(=O)N1CCc2ccccc2C1CC(=O)N1CCC(C)(CN)C1.Cl. The molecule has 6 heteroatoms. The van der Waals surface area contributed by atoms with Gasteiger partial charge in [0.1, 0.15) is 0 Å². The van der Waals surface area contributed by atoms with E-state index in [2.05, 4.69) is 19.1 Å². The lowest BCUT2D eigenvalue weighted by Crippen LogP contribution is -2.42. The summed E-state index contributed by atoms with van der Waals surface area (Å²) in [7, 11) is 0. The maximum absolute atomic E-state index is 12.8. The highest BCUT2D eigenvalue weighted by Crippen LogP contribution is 2.34. The van der Waals surface area contributed by atoms with E-state index < -0.39 is 0 Å². The zero-order valence-corrected chi connectivity index (χ0v) is 15.8. The zero-order chi connectivity index (χ0) is 17.3. The lowest BCUT2D eigenvalue weighted by atomic mass is 9.89. The fourth-order valence-corrected chi connectivity index (χ4v) is 3.95. The van der Waals surface area contributed by atoms with E-state index in [0.29, 0.717) is 19.5 Å². The molecule has 1 aromatic carbocycles. The minimum atomic E-state index is -0.148. The summed E-state index contributed by atoms with van der Waals surface area (Å²) < 4.78 is 0. The van der Waals surface area contributed by atoms with Crippen LogP contribution in [0.1, 0.15) is 43.9 Å². The van der Waals surface area contributed by atoms with Crippen molar-refractivity contribution < 1.29 is 9.59 Å². The van der Waals surface area contributed by atoms with E-state index in [9.17, 15) is 9.59 Å². The van der Waals surface area contributed by atoms with E-state index in [4.69, 9.17) is 5.73 Å². The molecular weight excluding hydrogens is 338 g/mol. The van der Waals surface area contributed by atoms with E-state index >= 15 is 0 Å². The molecule has 3 rings (SSSR count). The Labute approximate surface area is 155 Å². The molecule has 0 aromatic heterocycles. The van der Waals surface area contributed by atoms with Crippen LogP contribution in [0, 0.1) is 5.41 Å². The molecule has 2 aliphatic heterocycles. The van der Waals surface area contributed by atoms with Crippen LogP contribution in [0.2, 0.25) is 0 Å². The van der Waals surface area contributed by atoms with Gasteiger partial charge in [-0.2, -0.15) is 0 Å². The number of amides is 2. The van der Waals surface area contributed by atoms with Crippen molar-refractivity contribution in [1.29, 1.82) is 0 Å². The number of hydrogen-bond acceptors (Lipinski definition) is 3. The molecule has 1 fully saturated rings. The standard InChI is InChI=1S/C19H27N3O2.ClH/c1-14(23)22-9-7-15-5-3-4-6-16(15)17(22)11-18(24)21-10-8-19(2,12-20)13-21;/h3-6,17H,7-13,20H2,1-2H3;1H. The van der Waals surface area contributed by atoms with Crippen molar-refractivity contribution in [3.05, 3.63) is 35.4 Å². The molecule has 138 valence electrons. The van der Waals surface area contributed by atoms with Gasteiger partial charge in [-0.25, -0.2) is 0 Å². The van der Waals surface area contributed by atoms with Crippen molar-refractivity contribution in [2.24, 2.45) is 11.1 Å².